The highest BCUT2D eigenvalue weighted by Gasteiger charge is 2.23. The summed E-state index contributed by atoms with van der Waals surface area (Å²) in [5.41, 5.74) is 0. The van der Waals surface area contributed by atoms with Crippen LogP contribution in [-0.2, 0) is 0 Å². The van der Waals surface area contributed by atoms with E-state index < -0.39 is 0 Å². The van der Waals surface area contributed by atoms with Crippen molar-refractivity contribution in [2.24, 2.45) is 0 Å². The molecule has 1 aliphatic carbocycles. The van der Waals surface area contributed by atoms with E-state index in [0.29, 0.717) is 5.75 Å². The van der Waals surface area contributed by atoms with Crippen LogP contribution in [0.5, 0.6) is 5.75 Å². The average Bonchev–Trinajstić information content (AvgIpc) is 2.48. The second-order valence-electron chi connectivity index (χ2n) is 4.33. The summed E-state index contributed by atoms with van der Waals surface area (Å²) in [6.07, 6.45) is 5.23. The highest BCUT2D eigenvalue weighted by atomic mass is 32.2. The van der Waals surface area contributed by atoms with Crippen molar-refractivity contribution in [3.05, 3.63) is 24.3 Å². The Labute approximate surface area is 101 Å². The lowest BCUT2D eigenvalue weighted by atomic mass is 10.1. The van der Waals surface area contributed by atoms with Crippen LogP contribution >= 0.6 is 11.8 Å². The molecule has 0 amide bonds. The van der Waals surface area contributed by atoms with Gasteiger partial charge in [0, 0.05) is 10.1 Å². The lowest BCUT2D eigenvalue weighted by molar-refractivity contribution is 0.163. The SMILES string of the molecule is Oc1ccccc1SC1CCCCCC1O. The minimum absolute atomic E-state index is 0.230. The van der Waals surface area contributed by atoms with Crippen LogP contribution in [0, 0.1) is 0 Å². The molecule has 1 aromatic rings. The molecule has 0 radical (unpaired) electrons. The number of phenols is 1. The standard InChI is InChI=1S/C13H18O2S/c14-10-6-2-1-3-8-12(10)16-13-9-5-4-7-11(13)15/h4-5,7,9-10,12,14-15H,1-3,6,8H2. The zero-order valence-electron chi connectivity index (χ0n) is 9.30. The monoisotopic (exact) mass is 238 g/mol. The summed E-state index contributed by atoms with van der Waals surface area (Å²) < 4.78 is 0. The van der Waals surface area contributed by atoms with Crippen molar-refractivity contribution < 1.29 is 10.2 Å². The smallest absolute Gasteiger partial charge is 0.129 e. The molecule has 1 fully saturated rings. The average molecular weight is 238 g/mol. The first-order valence-corrected chi connectivity index (χ1v) is 6.78. The second kappa shape index (κ2) is 5.60. The molecule has 2 rings (SSSR count). The third-order valence-corrected chi connectivity index (χ3v) is 4.51. The number of aliphatic hydroxyl groups is 1. The van der Waals surface area contributed by atoms with Crippen LogP contribution in [0.2, 0.25) is 0 Å². The van der Waals surface area contributed by atoms with Crippen LogP contribution < -0.4 is 0 Å². The first kappa shape index (κ1) is 11.8. The Morgan fingerprint density at radius 2 is 1.81 bits per heavy atom. The summed E-state index contributed by atoms with van der Waals surface area (Å²) in [6.45, 7) is 0. The van der Waals surface area contributed by atoms with Crippen molar-refractivity contribution in [3.63, 3.8) is 0 Å². The molecule has 2 unspecified atom stereocenters. The number of aromatic hydroxyl groups is 1. The van der Waals surface area contributed by atoms with E-state index in [9.17, 15) is 10.2 Å². The van der Waals surface area contributed by atoms with Gasteiger partial charge in [0.2, 0.25) is 0 Å². The summed E-state index contributed by atoms with van der Waals surface area (Å²) in [7, 11) is 0. The van der Waals surface area contributed by atoms with E-state index in [1.807, 2.05) is 18.2 Å². The number of para-hydroxylation sites is 1. The van der Waals surface area contributed by atoms with Gasteiger partial charge in [0.25, 0.3) is 0 Å². The van der Waals surface area contributed by atoms with Crippen molar-refractivity contribution in [3.8, 4) is 5.75 Å². The number of phenolic OH excluding ortho intramolecular Hbond substituents is 1. The van der Waals surface area contributed by atoms with Gasteiger partial charge in [0.15, 0.2) is 0 Å². The van der Waals surface area contributed by atoms with E-state index in [-0.39, 0.29) is 11.4 Å². The molecule has 0 aromatic heterocycles. The number of rotatable bonds is 2. The maximum atomic E-state index is 10.00. The van der Waals surface area contributed by atoms with E-state index in [1.54, 1.807) is 17.8 Å². The van der Waals surface area contributed by atoms with Gasteiger partial charge in [-0.2, -0.15) is 0 Å². The van der Waals surface area contributed by atoms with Crippen LogP contribution in [0.25, 0.3) is 0 Å². The molecule has 1 aliphatic rings. The lowest BCUT2D eigenvalue weighted by Crippen LogP contribution is -2.21. The Morgan fingerprint density at radius 1 is 1.06 bits per heavy atom. The number of benzene rings is 1. The summed E-state index contributed by atoms with van der Waals surface area (Å²) >= 11 is 1.61. The maximum absolute atomic E-state index is 10.00. The molecule has 3 heteroatoms. The van der Waals surface area contributed by atoms with Crippen molar-refractivity contribution in [1.29, 1.82) is 0 Å². The van der Waals surface area contributed by atoms with Gasteiger partial charge in [0.1, 0.15) is 5.75 Å². The predicted molar refractivity (Wildman–Crippen MR) is 66.8 cm³/mol. The van der Waals surface area contributed by atoms with Crippen molar-refractivity contribution in [1.82, 2.24) is 0 Å². The molecule has 2 nitrogen and oxygen atoms in total. The van der Waals surface area contributed by atoms with Crippen LogP contribution in [-0.4, -0.2) is 21.6 Å². The number of thioether (sulfide) groups is 1. The van der Waals surface area contributed by atoms with Gasteiger partial charge in [-0.3, -0.25) is 0 Å². The van der Waals surface area contributed by atoms with Gasteiger partial charge in [-0.05, 0) is 25.0 Å². The third kappa shape index (κ3) is 2.92. The highest BCUT2D eigenvalue weighted by molar-refractivity contribution is 8.00. The number of aliphatic hydroxyl groups excluding tert-OH is 1. The fourth-order valence-electron chi connectivity index (χ4n) is 2.11. The Balaban J connectivity index is 2.05. The van der Waals surface area contributed by atoms with Gasteiger partial charge < -0.3 is 10.2 Å². The third-order valence-electron chi connectivity index (χ3n) is 3.06. The minimum Gasteiger partial charge on any atom is -0.507 e. The fraction of sp³-hybridized carbons (Fsp3) is 0.538. The summed E-state index contributed by atoms with van der Waals surface area (Å²) in [4.78, 5) is 0.883. The van der Waals surface area contributed by atoms with E-state index in [4.69, 9.17) is 0 Å². The minimum atomic E-state index is -0.230. The number of hydrogen-bond acceptors (Lipinski definition) is 3. The topological polar surface area (TPSA) is 40.5 Å². The van der Waals surface area contributed by atoms with Crippen LogP contribution in [0.4, 0.5) is 0 Å². The fourth-order valence-corrected chi connectivity index (χ4v) is 3.36. The lowest BCUT2D eigenvalue weighted by Gasteiger charge is -2.20. The van der Waals surface area contributed by atoms with Gasteiger partial charge in [-0.15, -0.1) is 11.8 Å². The highest BCUT2D eigenvalue weighted by Crippen LogP contribution is 2.36. The molecule has 0 saturated heterocycles. The molecule has 0 aliphatic heterocycles. The molecule has 88 valence electrons. The normalized spacial score (nSPS) is 26.3. The molecule has 1 saturated carbocycles. The van der Waals surface area contributed by atoms with Gasteiger partial charge >= 0.3 is 0 Å². The van der Waals surface area contributed by atoms with Crippen molar-refractivity contribution in [2.75, 3.05) is 0 Å². The van der Waals surface area contributed by atoms with Crippen molar-refractivity contribution >= 4 is 11.8 Å². The first-order chi connectivity index (χ1) is 7.77. The summed E-state index contributed by atoms with van der Waals surface area (Å²) in [5.74, 6) is 0.323. The maximum Gasteiger partial charge on any atom is 0.129 e. The quantitative estimate of drug-likeness (QED) is 0.777. The van der Waals surface area contributed by atoms with E-state index >= 15 is 0 Å². The molecule has 2 N–H and O–H groups in total. The molecule has 16 heavy (non-hydrogen) atoms. The van der Waals surface area contributed by atoms with Gasteiger partial charge in [0.05, 0.1) is 6.10 Å². The molecule has 2 atom stereocenters. The molecule has 0 bridgehead atoms. The largest absolute Gasteiger partial charge is 0.507 e. The summed E-state index contributed by atoms with van der Waals surface area (Å²) in [5, 5.41) is 19.9. The van der Waals surface area contributed by atoms with Gasteiger partial charge in [-0.25, -0.2) is 0 Å². The first-order valence-electron chi connectivity index (χ1n) is 5.90. The molecular formula is C13H18O2S. The Bertz CT molecular complexity index is 340. The Morgan fingerprint density at radius 3 is 2.62 bits per heavy atom. The Kier molecular flexibility index (Phi) is 4.13. The van der Waals surface area contributed by atoms with Gasteiger partial charge in [-0.1, -0.05) is 31.4 Å². The van der Waals surface area contributed by atoms with Crippen LogP contribution in [0.3, 0.4) is 0 Å². The van der Waals surface area contributed by atoms with E-state index in [2.05, 4.69) is 0 Å². The van der Waals surface area contributed by atoms with E-state index in [0.717, 1.165) is 24.2 Å². The second-order valence-corrected chi connectivity index (χ2v) is 5.61. The molecule has 1 aromatic carbocycles. The predicted octanol–water partition coefficient (Wildman–Crippen LogP) is 3.18. The summed E-state index contributed by atoms with van der Waals surface area (Å²) in [6, 6.07) is 7.36. The molecular weight excluding hydrogens is 220 g/mol. The van der Waals surface area contributed by atoms with E-state index in [1.165, 1.54) is 12.8 Å². The van der Waals surface area contributed by atoms with Crippen LogP contribution in [0.15, 0.2) is 29.2 Å². The number of hydrogen-bond donors (Lipinski definition) is 2. The van der Waals surface area contributed by atoms with Crippen LogP contribution in [0.1, 0.15) is 32.1 Å². The zero-order valence-corrected chi connectivity index (χ0v) is 10.1. The zero-order chi connectivity index (χ0) is 11.4. The molecule has 0 heterocycles. The van der Waals surface area contributed by atoms with Crippen molar-refractivity contribution in [2.45, 2.75) is 48.4 Å². The molecule has 0 spiro atoms. The Hall–Kier alpha value is -0.670.